The number of benzene rings is 2. The van der Waals surface area contributed by atoms with Crippen molar-refractivity contribution >= 4 is 18.0 Å². The second kappa shape index (κ2) is 7.83. The number of alkyl carbamates (subject to hydrolysis) is 1. The van der Waals surface area contributed by atoms with E-state index in [1.165, 1.54) is 11.1 Å². The lowest BCUT2D eigenvalue weighted by Gasteiger charge is -2.28. The zero-order valence-electron chi connectivity index (χ0n) is 19.8. The van der Waals surface area contributed by atoms with Crippen molar-refractivity contribution in [1.29, 1.82) is 0 Å². The Balaban J connectivity index is 1.06. The van der Waals surface area contributed by atoms with Gasteiger partial charge in [0.1, 0.15) is 12.1 Å². The van der Waals surface area contributed by atoms with Crippen LogP contribution in [0.1, 0.15) is 56.1 Å². The van der Waals surface area contributed by atoms with Gasteiger partial charge in [0.05, 0.1) is 5.41 Å². The van der Waals surface area contributed by atoms with Gasteiger partial charge in [-0.2, -0.15) is 0 Å². The summed E-state index contributed by atoms with van der Waals surface area (Å²) in [4.78, 5) is 37.6. The third kappa shape index (κ3) is 3.60. The van der Waals surface area contributed by atoms with Gasteiger partial charge in [-0.1, -0.05) is 48.5 Å². The Kier molecular flexibility index (Phi) is 4.95. The van der Waals surface area contributed by atoms with Gasteiger partial charge in [-0.25, -0.2) is 9.59 Å². The quantitative estimate of drug-likeness (QED) is 0.561. The summed E-state index contributed by atoms with van der Waals surface area (Å²) in [6.45, 7) is 1.86. The molecule has 4 atom stereocenters. The van der Waals surface area contributed by atoms with Crippen LogP contribution in [0.5, 0.6) is 0 Å². The van der Waals surface area contributed by atoms with Gasteiger partial charge in [-0.15, -0.1) is 0 Å². The largest absolute Gasteiger partial charge is 0.480 e. The molecule has 0 heterocycles. The summed E-state index contributed by atoms with van der Waals surface area (Å²) in [5.74, 6) is -0.991. The van der Waals surface area contributed by atoms with Gasteiger partial charge in [0.25, 0.3) is 0 Å². The summed E-state index contributed by atoms with van der Waals surface area (Å²) >= 11 is 0. The van der Waals surface area contributed by atoms with E-state index < -0.39 is 23.0 Å². The molecule has 3 fully saturated rings. The Morgan fingerprint density at radius 3 is 2.26 bits per heavy atom. The SMILES string of the molecule is CC(NC(=O)C12CC(NC(=O)OCC3c4ccccc4-c4ccccc43)CC1C2)(C(=O)O)C1CC1. The molecule has 4 aliphatic carbocycles. The van der Waals surface area contributed by atoms with Crippen molar-refractivity contribution in [2.75, 3.05) is 6.61 Å². The summed E-state index contributed by atoms with van der Waals surface area (Å²) in [5.41, 5.74) is 2.92. The highest BCUT2D eigenvalue weighted by atomic mass is 16.5. The molecule has 2 aromatic carbocycles. The number of amides is 2. The van der Waals surface area contributed by atoms with E-state index in [0.717, 1.165) is 30.4 Å². The lowest BCUT2D eigenvalue weighted by molar-refractivity contribution is -0.149. The molecule has 0 radical (unpaired) electrons. The number of ether oxygens (including phenoxy) is 1. The number of hydrogen-bond acceptors (Lipinski definition) is 4. The van der Waals surface area contributed by atoms with Gasteiger partial charge < -0.3 is 20.5 Å². The van der Waals surface area contributed by atoms with Gasteiger partial charge in [0.15, 0.2) is 0 Å². The van der Waals surface area contributed by atoms with Gasteiger partial charge in [-0.05, 0) is 73.1 Å². The maximum absolute atomic E-state index is 13.1. The zero-order valence-corrected chi connectivity index (χ0v) is 19.8. The van der Waals surface area contributed by atoms with Crippen molar-refractivity contribution in [3.8, 4) is 11.1 Å². The Hall–Kier alpha value is -3.35. The topological polar surface area (TPSA) is 105 Å². The van der Waals surface area contributed by atoms with Crippen LogP contribution in [0.25, 0.3) is 11.1 Å². The van der Waals surface area contributed by atoms with E-state index in [2.05, 4.69) is 34.9 Å². The first kappa shape index (κ1) is 22.1. The van der Waals surface area contributed by atoms with E-state index in [1.807, 2.05) is 24.3 Å². The summed E-state index contributed by atoms with van der Waals surface area (Å²) in [6.07, 6.45) is 3.17. The number of nitrogens with one attached hydrogen (secondary N) is 2. The fourth-order valence-electron chi connectivity index (χ4n) is 6.44. The zero-order chi connectivity index (χ0) is 24.4. The maximum Gasteiger partial charge on any atom is 0.407 e. The Morgan fingerprint density at radius 1 is 1.03 bits per heavy atom. The molecule has 0 aromatic heterocycles. The standard InChI is InChI=1S/C28H30N2O5/c1-27(25(32)33,16-10-11-16)30-24(31)28-13-17(28)12-18(14-28)29-26(34)35-15-23-21-8-4-2-6-19(21)20-7-3-5-9-22(20)23/h2-9,16-18,23H,10-15H2,1H3,(H,29,34)(H,30,31)(H,32,33). The first-order valence-electron chi connectivity index (χ1n) is 12.5. The van der Waals surface area contributed by atoms with Crippen LogP contribution in [0.15, 0.2) is 48.5 Å². The number of hydrogen-bond donors (Lipinski definition) is 3. The molecular weight excluding hydrogens is 444 g/mol. The van der Waals surface area contributed by atoms with E-state index in [4.69, 9.17) is 4.74 Å². The highest BCUT2D eigenvalue weighted by Crippen LogP contribution is 2.64. The second-order valence-corrected chi connectivity index (χ2v) is 10.9. The smallest absolute Gasteiger partial charge is 0.407 e. The minimum absolute atomic E-state index is 0.00151. The van der Waals surface area contributed by atoms with Crippen LogP contribution in [-0.4, -0.2) is 41.3 Å². The molecule has 4 aliphatic rings. The van der Waals surface area contributed by atoms with Crippen molar-refractivity contribution < 1.29 is 24.2 Å². The van der Waals surface area contributed by atoms with Crippen LogP contribution in [0.2, 0.25) is 0 Å². The summed E-state index contributed by atoms with van der Waals surface area (Å²) in [6, 6.07) is 16.3. The minimum Gasteiger partial charge on any atom is -0.480 e. The molecule has 35 heavy (non-hydrogen) atoms. The minimum atomic E-state index is -1.21. The van der Waals surface area contributed by atoms with Crippen LogP contribution < -0.4 is 10.6 Å². The molecule has 0 spiro atoms. The lowest BCUT2D eigenvalue weighted by Crippen LogP contribution is -2.56. The van der Waals surface area contributed by atoms with E-state index >= 15 is 0 Å². The fraction of sp³-hybridized carbons (Fsp3) is 0.464. The maximum atomic E-state index is 13.1. The van der Waals surface area contributed by atoms with Crippen LogP contribution in [0, 0.1) is 17.3 Å². The number of carbonyl (C=O) groups is 3. The van der Waals surface area contributed by atoms with E-state index in [1.54, 1.807) is 6.92 Å². The first-order valence-corrected chi connectivity index (χ1v) is 12.5. The van der Waals surface area contributed by atoms with Crippen LogP contribution in [0.4, 0.5) is 4.79 Å². The molecule has 2 aromatic rings. The van der Waals surface area contributed by atoms with Gasteiger partial charge in [0, 0.05) is 12.0 Å². The molecular formula is C28H30N2O5. The highest BCUT2D eigenvalue weighted by molar-refractivity contribution is 5.92. The molecule has 182 valence electrons. The lowest BCUT2D eigenvalue weighted by atomic mass is 9.93. The molecule has 2 amide bonds. The molecule has 7 nitrogen and oxygen atoms in total. The van der Waals surface area contributed by atoms with Gasteiger partial charge in [0.2, 0.25) is 5.91 Å². The van der Waals surface area contributed by atoms with Crippen LogP contribution >= 0.6 is 0 Å². The van der Waals surface area contributed by atoms with Crippen LogP contribution in [0.3, 0.4) is 0 Å². The van der Waals surface area contributed by atoms with Crippen molar-refractivity contribution in [1.82, 2.24) is 10.6 Å². The molecule has 7 heteroatoms. The van der Waals surface area contributed by atoms with Crippen LogP contribution in [-0.2, 0) is 14.3 Å². The third-order valence-corrected chi connectivity index (χ3v) is 8.74. The monoisotopic (exact) mass is 474 g/mol. The molecule has 6 rings (SSSR count). The number of fused-ring (bicyclic) bond motifs is 4. The number of aliphatic carboxylic acids is 1. The second-order valence-electron chi connectivity index (χ2n) is 10.9. The third-order valence-electron chi connectivity index (χ3n) is 8.74. The van der Waals surface area contributed by atoms with Crippen molar-refractivity contribution in [3.05, 3.63) is 59.7 Å². The number of carbonyl (C=O) groups excluding carboxylic acids is 2. The highest BCUT2D eigenvalue weighted by Gasteiger charge is 2.66. The van der Waals surface area contributed by atoms with E-state index in [9.17, 15) is 19.5 Å². The van der Waals surface area contributed by atoms with Crippen molar-refractivity contribution in [2.45, 2.75) is 56.5 Å². The molecule has 3 N–H and O–H groups in total. The Labute approximate surface area is 204 Å². The van der Waals surface area contributed by atoms with Crippen molar-refractivity contribution in [2.24, 2.45) is 17.3 Å². The van der Waals surface area contributed by atoms with Gasteiger partial charge >= 0.3 is 12.1 Å². The fourth-order valence-corrected chi connectivity index (χ4v) is 6.44. The Bertz CT molecular complexity index is 1180. The molecule has 4 unspecified atom stereocenters. The molecule has 0 bridgehead atoms. The first-order chi connectivity index (χ1) is 16.8. The predicted molar refractivity (Wildman–Crippen MR) is 129 cm³/mol. The van der Waals surface area contributed by atoms with Gasteiger partial charge in [-0.3, -0.25) is 4.79 Å². The number of rotatable bonds is 7. The summed E-state index contributed by atoms with van der Waals surface area (Å²) in [5, 5.41) is 15.5. The predicted octanol–water partition coefficient (Wildman–Crippen LogP) is 4.06. The van der Waals surface area contributed by atoms with Crippen molar-refractivity contribution in [3.63, 3.8) is 0 Å². The average molecular weight is 475 g/mol. The van der Waals surface area contributed by atoms with E-state index in [0.29, 0.717) is 12.8 Å². The number of carboxylic acid groups (broad SMARTS) is 1. The Morgan fingerprint density at radius 2 is 1.66 bits per heavy atom. The molecule has 0 saturated heterocycles. The normalized spacial score (nSPS) is 27.7. The molecule has 0 aliphatic heterocycles. The summed E-state index contributed by atoms with van der Waals surface area (Å²) in [7, 11) is 0. The van der Waals surface area contributed by atoms with E-state index in [-0.39, 0.29) is 36.3 Å². The summed E-state index contributed by atoms with van der Waals surface area (Å²) < 4.78 is 5.67. The number of carboxylic acids is 1. The molecule has 3 saturated carbocycles. The average Bonchev–Trinajstić information content (AvgIpc) is 3.75.